The number of nitrogens with zero attached hydrogens (tertiary/aromatic N) is 3. The molecule has 0 radical (unpaired) electrons. The van der Waals surface area contributed by atoms with Gasteiger partial charge in [-0.15, -0.1) is 0 Å². The average Bonchev–Trinajstić information content (AvgIpc) is 0.687. The van der Waals surface area contributed by atoms with Crippen LogP contribution >= 0.6 is 0 Å². The van der Waals surface area contributed by atoms with Crippen molar-refractivity contribution >= 4 is 107 Å². The van der Waals surface area contributed by atoms with Gasteiger partial charge in [-0.2, -0.15) is 0 Å². The van der Waals surface area contributed by atoms with Gasteiger partial charge in [0.1, 0.15) is 0 Å². The Morgan fingerprint density at radius 2 is 0.598 bits per heavy atom. The number of fused-ring (bicyclic) bond motifs is 4. The normalized spacial score (nSPS) is 12.5. The number of hydrogen-bond acceptors (Lipinski definition) is 3. The Labute approximate surface area is 657 Å². The second-order valence-corrected chi connectivity index (χ2v) is 32.4. The molecule has 0 fully saturated rings. The molecule has 0 N–H and O–H groups in total. The van der Waals surface area contributed by atoms with E-state index in [1.165, 1.54) is 82.1 Å². The highest BCUT2D eigenvalue weighted by atomic mass is 15.2. The van der Waals surface area contributed by atoms with E-state index < -0.39 is 0 Å². The third kappa shape index (κ3) is 11.8. The Morgan fingerprint density at radius 1 is 0.232 bits per heavy atom. The second-order valence-electron chi connectivity index (χ2n) is 32.4. The molecule has 2 aliphatic heterocycles. The van der Waals surface area contributed by atoms with E-state index in [1.54, 1.807) is 0 Å². The summed E-state index contributed by atoms with van der Waals surface area (Å²) in [6, 6.07) is 146. The van der Waals surface area contributed by atoms with Gasteiger partial charge in [0.15, 0.2) is 0 Å². The van der Waals surface area contributed by atoms with E-state index in [1.807, 2.05) is 0 Å². The second kappa shape index (κ2) is 27.2. The van der Waals surface area contributed by atoms with Crippen LogP contribution in [0.25, 0.3) is 121 Å². The van der Waals surface area contributed by atoms with E-state index in [9.17, 15) is 0 Å². The maximum absolute atomic E-state index is 2.69. The maximum Gasteiger partial charge on any atom is 0.252 e. The van der Waals surface area contributed by atoms with E-state index >= 15 is 0 Å². The molecule has 4 heteroatoms. The van der Waals surface area contributed by atoms with Gasteiger partial charge in [0.2, 0.25) is 0 Å². The number of anilines is 9. The van der Waals surface area contributed by atoms with E-state index in [4.69, 9.17) is 0 Å². The Morgan fingerprint density at radius 3 is 1.04 bits per heavy atom. The number of hydrogen-bond donors (Lipinski definition) is 0. The fraction of sp³-hybridized carbons (Fsp3) is 0.0741. The Balaban J connectivity index is 0.962. The van der Waals surface area contributed by atoms with E-state index in [0.29, 0.717) is 0 Å². The zero-order chi connectivity index (χ0) is 75.3. The lowest BCUT2D eigenvalue weighted by atomic mass is 9.33. The molecular formula is C108H82BN3. The van der Waals surface area contributed by atoms with Gasteiger partial charge in [0, 0.05) is 56.4 Å². The highest BCUT2D eigenvalue weighted by Gasteiger charge is 2.46. The summed E-state index contributed by atoms with van der Waals surface area (Å²) in [5, 5.41) is 7.71. The van der Waals surface area contributed by atoms with Gasteiger partial charge in [0.05, 0.1) is 17.1 Å². The predicted octanol–water partition coefficient (Wildman–Crippen LogP) is 28.1. The molecular weight excluding hydrogens is 1350 g/mol. The molecule has 0 saturated heterocycles. The Bertz CT molecular complexity index is 6390. The van der Waals surface area contributed by atoms with Crippen molar-refractivity contribution in [2.45, 2.75) is 52.4 Å². The molecule has 2 aliphatic rings. The first kappa shape index (κ1) is 67.8. The van der Waals surface area contributed by atoms with Crippen molar-refractivity contribution in [1.82, 2.24) is 0 Å². The lowest BCUT2D eigenvalue weighted by Gasteiger charge is -2.46. The molecule has 0 aliphatic carbocycles. The fourth-order valence-corrected chi connectivity index (χ4v) is 17.9. The number of rotatable bonds is 13. The first-order valence-electron chi connectivity index (χ1n) is 39.3. The van der Waals surface area contributed by atoms with Crippen molar-refractivity contribution in [3.8, 4) is 89.0 Å². The van der Waals surface area contributed by atoms with Gasteiger partial charge < -0.3 is 14.7 Å². The summed E-state index contributed by atoms with van der Waals surface area (Å²) in [5.41, 5.74) is 34.0. The topological polar surface area (TPSA) is 9.72 Å². The molecule has 18 aromatic carbocycles. The number of para-hydroxylation sites is 2. The highest BCUT2D eigenvalue weighted by molar-refractivity contribution is 7.00. The molecule has 0 atom stereocenters. The zero-order valence-corrected chi connectivity index (χ0v) is 63.9. The van der Waals surface area contributed by atoms with Crippen LogP contribution in [0.15, 0.2) is 388 Å². The maximum atomic E-state index is 2.69. The van der Waals surface area contributed by atoms with Gasteiger partial charge >= 0.3 is 0 Å². The van der Waals surface area contributed by atoms with Gasteiger partial charge in [-0.3, -0.25) is 0 Å². The largest absolute Gasteiger partial charge is 0.310 e. The van der Waals surface area contributed by atoms with Crippen LogP contribution in [0.1, 0.15) is 52.7 Å². The van der Waals surface area contributed by atoms with Crippen molar-refractivity contribution in [1.29, 1.82) is 0 Å². The molecule has 112 heavy (non-hydrogen) atoms. The van der Waals surface area contributed by atoms with Crippen LogP contribution in [0.4, 0.5) is 51.2 Å². The summed E-state index contributed by atoms with van der Waals surface area (Å²) in [5.74, 6) is 0. The molecule has 0 amide bonds. The minimum absolute atomic E-state index is 0.0813. The van der Waals surface area contributed by atoms with Crippen molar-refractivity contribution in [3.05, 3.63) is 399 Å². The lowest BCUT2D eigenvalue weighted by molar-refractivity contribution is 0.591. The molecule has 3 nitrogen and oxygen atoms in total. The standard InChI is InChI=1S/C108H82BN3/c1-107(2,3)85-62-82-48-49-83-63-86(108(4,5)6)68-95-94(65-84(64-85)102(82)103(83)95)81-55-61-98-97(66-81)109-96-60-54-80(73-34-18-9-19-35-73)67-99(96)112(106-92(78-40-24-12-25-41-78)46-29-47-93(106)79-42-26-13-27-43-79)101-70-89(69-100(104(101)109)111(98)105-90(76-36-20-10-21-37-76)44-28-45-91(105)77-38-22-11-23-39-77)110(87-56-50-74(51-57-87)71-30-14-7-15-31-71)88-58-52-75(53-59-88)72-32-16-8-17-33-72/h7-70H,1-6H3. The zero-order valence-electron chi connectivity index (χ0n) is 63.9. The summed E-state index contributed by atoms with van der Waals surface area (Å²) >= 11 is 0. The van der Waals surface area contributed by atoms with Crippen LogP contribution in [0.2, 0.25) is 0 Å². The van der Waals surface area contributed by atoms with Crippen LogP contribution in [-0.2, 0) is 10.8 Å². The molecule has 20 rings (SSSR count). The molecule has 0 aromatic heterocycles. The van der Waals surface area contributed by atoms with Crippen LogP contribution in [-0.4, -0.2) is 6.71 Å². The molecule has 0 saturated carbocycles. The quantitative estimate of drug-likeness (QED) is 0.0841. The molecule has 0 spiro atoms. The van der Waals surface area contributed by atoms with E-state index in [-0.39, 0.29) is 17.5 Å². The van der Waals surface area contributed by atoms with E-state index in [2.05, 4.69) is 444 Å². The van der Waals surface area contributed by atoms with Crippen LogP contribution < -0.4 is 31.1 Å². The minimum atomic E-state index is -0.313. The van der Waals surface area contributed by atoms with Gasteiger partial charge in [-0.1, -0.05) is 369 Å². The summed E-state index contributed by atoms with van der Waals surface area (Å²) < 4.78 is 0. The minimum Gasteiger partial charge on any atom is -0.310 e. The highest BCUT2D eigenvalue weighted by Crippen LogP contribution is 2.56. The Kier molecular flexibility index (Phi) is 16.5. The van der Waals surface area contributed by atoms with Crippen LogP contribution in [0.3, 0.4) is 0 Å². The molecule has 2 heterocycles. The summed E-state index contributed by atoms with van der Waals surface area (Å²) in [4.78, 5) is 7.89. The molecule has 0 bridgehead atoms. The van der Waals surface area contributed by atoms with Crippen molar-refractivity contribution < 1.29 is 0 Å². The van der Waals surface area contributed by atoms with Gasteiger partial charge in [-0.25, -0.2) is 0 Å². The number of benzene rings is 18. The molecule has 0 unspecified atom stereocenters. The molecule has 532 valence electrons. The summed E-state index contributed by atoms with van der Waals surface area (Å²) in [6.07, 6.45) is 0. The Hall–Kier alpha value is -13.5. The summed E-state index contributed by atoms with van der Waals surface area (Å²) in [7, 11) is 0. The van der Waals surface area contributed by atoms with E-state index in [0.717, 1.165) is 118 Å². The monoisotopic (exact) mass is 1430 g/mol. The van der Waals surface area contributed by atoms with Crippen molar-refractivity contribution in [2.75, 3.05) is 14.7 Å². The van der Waals surface area contributed by atoms with Crippen LogP contribution in [0, 0.1) is 0 Å². The average molecular weight is 1430 g/mol. The first-order chi connectivity index (χ1) is 54.8. The third-order valence-corrected chi connectivity index (χ3v) is 23.4. The SMILES string of the molecule is CC(C)(C)c1cc2ccc3cc(C(C)(C)C)cc4c(-c5ccc6c(c5)B5c7ccc(-c8ccccc8)cc7N(c7c(-c8ccccc8)cccc7-c7ccccc7)c7cc(N(c8ccc(-c9ccccc9)cc8)c8ccc(-c9ccccc9)cc8)cc(c75)N6c5c(-c6ccccc6)cccc5-c5ccccc5)cc(c1)c2c34. The first-order valence-corrected chi connectivity index (χ1v) is 39.3. The van der Waals surface area contributed by atoms with Crippen molar-refractivity contribution in [2.24, 2.45) is 0 Å². The van der Waals surface area contributed by atoms with Crippen LogP contribution in [0.5, 0.6) is 0 Å². The van der Waals surface area contributed by atoms with Gasteiger partial charge in [0.25, 0.3) is 6.71 Å². The molecule has 18 aromatic rings. The predicted molar refractivity (Wildman–Crippen MR) is 480 cm³/mol. The van der Waals surface area contributed by atoms with Gasteiger partial charge in [-0.05, 0) is 198 Å². The van der Waals surface area contributed by atoms with Crippen molar-refractivity contribution in [3.63, 3.8) is 0 Å². The fourth-order valence-electron chi connectivity index (χ4n) is 17.9. The smallest absolute Gasteiger partial charge is 0.252 e. The lowest BCUT2D eigenvalue weighted by Crippen LogP contribution is -2.61. The third-order valence-electron chi connectivity index (χ3n) is 23.4. The summed E-state index contributed by atoms with van der Waals surface area (Å²) in [6.45, 7) is 13.8.